The van der Waals surface area contributed by atoms with Crippen molar-refractivity contribution in [3.63, 3.8) is 0 Å². The molecule has 1 aromatic heterocycles. The molecule has 0 bridgehead atoms. The lowest BCUT2D eigenvalue weighted by molar-refractivity contribution is -0.386. The van der Waals surface area contributed by atoms with Crippen molar-refractivity contribution in [1.29, 1.82) is 0 Å². The van der Waals surface area contributed by atoms with Gasteiger partial charge in [0.1, 0.15) is 11.4 Å². The Bertz CT molecular complexity index is 667. The fourth-order valence-electron chi connectivity index (χ4n) is 1.87. The molecule has 106 valence electrons. The minimum absolute atomic E-state index is 0.0747. The fourth-order valence-corrected chi connectivity index (χ4v) is 2.21. The second-order valence-corrected chi connectivity index (χ2v) is 5.26. The van der Waals surface area contributed by atoms with Crippen molar-refractivity contribution < 1.29 is 9.66 Å². The minimum Gasteiger partial charge on any atom is -0.434 e. The molecular formula is C13H14BrN3O3. The summed E-state index contributed by atoms with van der Waals surface area (Å²) in [5, 5.41) is 15.4. The summed E-state index contributed by atoms with van der Waals surface area (Å²) in [6.07, 6.45) is 0.477. The molecule has 20 heavy (non-hydrogen) atoms. The molecule has 0 aliphatic heterocycles. The van der Waals surface area contributed by atoms with Crippen LogP contribution in [0.25, 0.3) is 0 Å². The van der Waals surface area contributed by atoms with Crippen molar-refractivity contribution in [1.82, 2.24) is 9.78 Å². The monoisotopic (exact) mass is 339 g/mol. The average Bonchev–Trinajstić information content (AvgIpc) is 2.70. The highest BCUT2D eigenvalue weighted by molar-refractivity contribution is 9.10. The Balaban J connectivity index is 2.50. The van der Waals surface area contributed by atoms with Gasteiger partial charge in [0.2, 0.25) is 0 Å². The molecular weight excluding hydrogens is 326 g/mol. The van der Waals surface area contributed by atoms with Gasteiger partial charge in [0.05, 0.1) is 4.92 Å². The number of ether oxygens (including phenoxy) is 1. The molecule has 0 radical (unpaired) electrons. The van der Waals surface area contributed by atoms with E-state index in [0.29, 0.717) is 17.9 Å². The maximum Gasteiger partial charge on any atom is 0.353 e. The van der Waals surface area contributed by atoms with Gasteiger partial charge >= 0.3 is 5.69 Å². The SMILES string of the molecule is CCc1nn(C)c(Oc2cc(Br)ccc2C)c1[N+](=O)[O-]. The van der Waals surface area contributed by atoms with Crippen molar-refractivity contribution in [2.75, 3.05) is 0 Å². The smallest absolute Gasteiger partial charge is 0.353 e. The molecule has 6 nitrogen and oxygen atoms in total. The Hall–Kier alpha value is -1.89. The van der Waals surface area contributed by atoms with E-state index in [1.54, 1.807) is 13.1 Å². The van der Waals surface area contributed by atoms with Crippen LogP contribution in [0, 0.1) is 17.0 Å². The van der Waals surface area contributed by atoms with Gasteiger partial charge < -0.3 is 4.74 Å². The summed E-state index contributed by atoms with van der Waals surface area (Å²) in [6.45, 7) is 3.70. The van der Waals surface area contributed by atoms with Crippen LogP contribution in [-0.2, 0) is 13.5 Å². The molecule has 7 heteroatoms. The number of nitro groups is 1. The van der Waals surface area contributed by atoms with Crippen LogP contribution in [0.5, 0.6) is 11.6 Å². The summed E-state index contributed by atoms with van der Waals surface area (Å²) in [7, 11) is 1.63. The van der Waals surface area contributed by atoms with Crippen LogP contribution in [0.4, 0.5) is 5.69 Å². The maximum atomic E-state index is 11.2. The maximum absolute atomic E-state index is 11.2. The second-order valence-electron chi connectivity index (χ2n) is 4.35. The van der Waals surface area contributed by atoms with Crippen molar-refractivity contribution in [3.05, 3.63) is 44.0 Å². The van der Waals surface area contributed by atoms with Gasteiger partial charge in [0.15, 0.2) is 0 Å². The molecule has 0 atom stereocenters. The highest BCUT2D eigenvalue weighted by atomic mass is 79.9. The van der Waals surface area contributed by atoms with Crippen LogP contribution in [-0.4, -0.2) is 14.7 Å². The van der Waals surface area contributed by atoms with E-state index >= 15 is 0 Å². The lowest BCUT2D eigenvalue weighted by Gasteiger charge is -2.08. The van der Waals surface area contributed by atoms with Gasteiger partial charge in [-0.1, -0.05) is 28.9 Å². The van der Waals surface area contributed by atoms with Crippen molar-refractivity contribution in [3.8, 4) is 11.6 Å². The number of hydrogen-bond donors (Lipinski definition) is 0. The van der Waals surface area contributed by atoms with Crippen molar-refractivity contribution in [2.45, 2.75) is 20.3 Å². The van der Waals surface area contributed by atoms with Crippen LogP contribution in [0.2, 0.25) is 0 Å². The zero-order valence-corrected chi connectivity index (χ0v) is 13.0. The van der Waals surface area contributed by atoms with Gasteiger partial charge in [-0.3, -0.25) is 10.1 Å². The lowest BCUT2D eigenvalue weighted by Crippen LogP contribution is -1.98. The van der Waals surface area contributed by atoms with Crippen LogP contribution in [0.15, 0.2) is 22.7 Å². The van der Waals surface area contributed by atoms with Crippen LogP contribution in [0.1, 0.15) is 18.2 Å². The third kappa shape index (κ3) is 2.67. The van der Waals surface area contributed by atoms with E-state index in [2.05, 4.69) is 21.0 Å². The normalized spacial score (nSPS) is 10.6. The molecule has 0 amide bonds. The Morgan fingerprint density at radius 3 is 2.80 bits per heavy atom. The summed E-state index contributed by atoms with van der Waals surface area (Å²) in [5.41, 5.74) is 1.23. The summed E-state index contributed by atoms with van der Waals surface area (Å²) >= 11 is 3.36. The number of aromatic nitrogens is 2. The summed E-state index contributed by atoms with van der Waals surface area (Å²) in [6, 6.07) is 5.54. The van der Waals surface area contributed by atoms with Crippen molar-refractivity contribution >= 4 is 21.6 Å². The van der Waals surface area contributed by atoms with E-state index in [1.807, 2.05) is 26.0 Å². The third-order valence-corrected chi connectivity index (χ3v) is 3.41. The van der Waals surface area contributed by atoms with Crippen LogP contribution >= 0.6 is 15.9 Å². The standard InChI is InChI=1S/C13H14BrN3O3/c1-4-10-12(17(18)19)13(16(3)15-10)20-11-7-9(14)6-5-8(11)2/h5-7H,4H2,1-3H3. The molecule has 0 aliphatic rings. The highest BCUT2D eigenvalue weighted by Crippen LogP contribution is 2.36. The lowest BCUT2D eigenvalue weighted by atomic mass is 10.2. The molecule has 1 aromatic carbocycles. The molecule has 0 spiro atoms. The first-order valence-electron chi connectivity index (χ1n) is 6.08. The number of nitrogens with zero attached hydrogens (tertiary/aromatic N) is 3. The predicted octanol–water partition coefficient (Wildman–Crippen LogP) is 3.75. The van der Waals surface area contributed by atoms with Gasteiger partial charge in [0, 0.05) is 11.5 Å². The molecule has 0 saturated heterocycles. The Morgan fingerprint density at radius 2 is 2.20 bits per heavy atom. The number of aryl methyl sites for hydroxylation is 3. The molecule has 0 aliphatic carbocycles. The Morgan fingerprint density at radius 1 is 1.50 bits per heavy atom. The van der Waals surface area contributed by atoms with Crippen LogP contribution in [0.3, 0.4) is 0 Å². The highest BCUT2D eigenvalue weighted by Gasteiger charge is 2.28. The fraction of sp³-hybridized carbons (Fsp3) is 0.308. The summed E-state index contributed by atoms with van der Waals surface area (Å²) in [4.78, 5) is 10.8. The first-order valence-corrected chi connectivity index (χ1v) is 6.87. The minimum atomic E-state index is -0.450. The van der Waals surface area contributed by atoms with Gasteiger partial charge in [-0.15, -0.1) is 0 Å². The molecule has 2 aromatic rings. The van der Waals surface area contributed by atoms with Gasteiger partial charge in [-0.2, -0.15) is 5.10 Å². The Kier molecular flexibility index (Phi) is 4.08. The summed E-state index contributed by atoms with van der Waals surface area (Å²) < 4.78 is 7.97. The quantitative estimate of drug-likeness (QED) is 0.628. The van der Waals surface area contributed by atoms with E-state index in [-0.39, 0.29) is 11.6 Å². The third-order valence-electron chi connectivity index (χ3n) is 2.91. The molecule has 0 fully saturated rings. The average molecular weight is 340 g/mol. The number of halogens is 1. The van der Waals surface area contributed by atoms with Gasteiger partial charge in [0.25, 0.3) is 5.88 Å². The molecule has 1 heterocycles. The van der Waals surface area contributed by atoms with E-state index in [4.69, 9.17) is 4.74 Å². The second kappa shape index (κ2) is 5.62. The summed E-state index contributed by atoms with van der Waals surface area (Å²) in [5.74, 6) is 0.709. The molecule has 0 N–H and O–H groups in total. The predicted molar refractivity (Wildman–Crippen MR) is 78.2 cm³/mol. The zero-order chi connectivity index (χ0) is 14.9. The molecule has 0 saturated carbocycles. The first-order chi connectivity index (χ1) is 9.43. The van der Waals surface area contributed by atoms with E-state index in [1.165, 1.54) is 4.68 Å². The number of rotatable bonds is 4. The van der Waals surface area contributed by atoms with Gasteiger partial charge in [-0.25, -0.2) is 4.68 Å². The van der Waals surface area contributed by atoms with E-state index in [9.17, 15) is 10.1 Å². The van der Waals surface area contributed by atoms with E-state index in [0.717, 1.165) is 10.0 Å². The molecule has 2 rings (SSSR count). The molecule has 0 unspecified atom stereocenters. The Labute approximate surface area is 124 Å². The van der Waals surface area contributed by atoms with E-state index < -0.39 is 4.92 Å². The zero-order valence-electron chi connectivity index (χ0n) is 11.4. The largest absolute Gasteiger partial charge is 0.434 e. The van der Waals surface area contributed by atoms with Crippen LogP contribution < -0.4 is 4.74 Å². The van der Waals surface area contributed by atoms with Gasteiger partial charge in [-0.05, 0) is 31.0 Å². The number of benzene rings is 1. The number of hydrogen-bond acceptors (Lipinski definition) is 4. The first kappa shape index (κ1) is 14.5. The van der Waals surface area contributed by atoms with Crippen molar-refractivity contribution in [2.24, 2.45) is 7.05 Å². The topological polar surface area (TPSA) is 70.2 Å².